The average Bonchev–Trinajstić information content (AvgIpc) is 2.95. The highest BCUT2D eigenvalue weighted by Crippen LogP contribution is 2.18. The van der Waals surface area contributed by atoms with Crippen LogP contribution in [-0.2, 0) is 18.3 Å². The Morgan fingerprint density at radius 1 is 1.48 bits per heavy atom. The van der Waals surface area contributed by atoms with E-state index in [9.17, 15) is 4.79 Å². The van der Waals surface area contributed by atoms with Gasteiger partial charge in [-0.05, 0) is 24.6 Å². The molecular weight excluding hydrogens is 316 g/mol. The van der Waals surface area contributed by atoms with E-state index in [0.717, 1.165) is 12.1 Å². The van der Waals surface area contributed by atoms with Crippen molar-refractivity contribution in [3.8, 4) is 5.75 Å². The second-order valence-electron chi connectivity index (χ2n) is 5.23. The van der Waals surface area contributed by atoms with E-state index in [4.69, 9.17) is 16.3 Å². The summed E-state index contributed by atoms with van der Waals surface area (Å²) in [7, 11) is 1.75. The summed E-state index contributed by atoms with van der Waals surface area (Å²) in [6.07, 6.45) is 3.33. The molecule has 0 saturated carbocycles. The Morgan fingerprint density at radius 3 is 2.96 bits per heavy atom. The highest BCUT2D eigenvalue weighted by atomic mass is 35.5. The molecule has 124 valence electrons. The van der Waals surface area contributed by atoms with Crippen LogP contribution in [0.2, 0.25) is 5.02 Å². The molecule has 1 amide bonds. The monoisotopic (exact) mass is 336 g/mol. The molecular formula is C16H21ClN4O2. The normalized spacial score (nSPS) is 12.0. The van der Waals surface area contributed by atoms with Crippen LogP contribution >= 0.6 is 11.6 Å². The lowest BCUT2D eigenvalue weighted by Gasteiger charge is -2.18. The number of carbonyl (C=O) groups excluding carboxylic acids is 1. The maximum Gasteiger partial charge on any atom is 0.220 e. The van der Waals surface area contributed by atoms with Crippen LogP contribution in [0.25, 0.3) is 0 Å². The topological polar surface area (TPSA) is 69.0 Å². The van der Waals surface area contributed by atoms with E-state index in [0.29, 0.717) is 30.2 Å². The number of nitrogens with zero attached hydrogens (tertiary/aromatic N) is 3. The van der Waals surface area contributed by atoms with Crippen LogP contribution in [0.15, 0.2) is 30.5 Å². The molecule has 6 nitrogen and oxygen atoms in total. The van der Waals surface area contributed by atoms with Crippen LogP contribution in [0, 0.1) is 0 Å². The maximum absolute atomic E-state index is 11.9. The Labute approximate surface area is 140 Å². The number of amides is 1. The fraction of sp³-hybridized carbons (Fsp3) is 0.438. The molecule has 2 aromatic rings. The van der Waals surface area contributed by atoms with E-state index in [1.54, 1.807) is 25.4 Å². The Hall–Kier alpha value is -2.08. The molecule has 1 aromatic carbocycles. The smallest absolute Gasteiger partial charge is 0.220 e. The summed E-state index contributed by atoms with van der Waals surface area (Å²) < 4.78 is 5.84. The number of nitrogens with one attached hydrogen (secondary N) is 1. The van der Waals surface area contributed by atoms with Gasteiger partial charge in [0.1, 0.15) is 11.9 Å². The zero-order valence-corrected chi connectivity index (χ0v) is 14.1. The summed E-state index contributed by atoms with van der Waals surface area (Å²) in [5, 5.41) is 11.6. The van der Waals surface area contributed by atoms with E-state index < -0.39 is 0 Å². The van der Waals surface area contributed by atoms with Crippen LogP contribution in [0.4, 0.5) is 0 Å². The first-order valence-corrected chi connectivity index (χ1v) is 7.98. The number of carbonyl (C=O) groups is 1. The van der Waals surface area contributed by atoms with Gasteiger partial charge in [-0.1, -0.05) is 24.6 Å². The number of ether oxygens (including phenoxy) is 1. The molecule has 0 aliphatic rings. The number of aryl methyl sites for hydroxylation is 2. The molecule has 0 fully saturated rings. The lowest BCUT2D eigenvalue weighted by atomic mass is 10.2. The van der Waals surface area contributed by atoms with Gasteiger partial charge in [0.2, 0.25) is 5.91 Å². The van der Waals surface area contributed by atoms with E-state index >= 15 is 0 Å². The second kappa shape index (κ2) is 8.53. The maximum atomic E-state index is 11.9. The second-order valence-corrected chi connectivity index (χ2v) is 5.67. The minimum Gasteiger partial charge on any atom is -0.489 e. The number of hydrogen-bond donors (Lipinski definition) is 1. The van der Waals surface area contributed by atoms with Crippen LogP contribution in [0.1, 0.15) is 25.5 Å². The molecule has 1 aromatic heterocycles. The molecule has 0 aliphatic carbocycles. The predicted molar refractivity (Wildman–Crippen MR) is 88.5 cm³/mol. The number of aromatic nitrogens is 3. The SMILES string of the molecule is CCC(CNC(=O)CCc1cnn(C)n1)Oc1cccc(Cl)c1. The number of rotatable bonds is 8. The highest BCUT2D eigenvalue weighted by Gasteiger charge is 2.11. The van der Waals surface area contributed by atoms with Crippen molar-refractivity contribution >= 4 is 17.5 Å². The Kier molecular flexibility index (Phi) is 6.40. The van der Waals surface area contributed by atoms with E-state index in [1.807, 2.05) is 19.1 Å². The Morgan fingerprint density at radius 2 is 2.30 bits per heavy atom. The van der Waals surface area contributed by atoms with Crippen molar-refractivity contribution in [2.75, 3.05) is 6.54 Å². The fourth-order valence-corrected chi connectivity index (χ4v) is 2.24. The van der Waals surface area contributed by atoms with Gasteiger partial charge < -0.3 is 10.1 Å². The molecule has 0 bridgehead atoms. The molecule has 1 atom stereocenters. The summed E-state index contributed by atoms with van der Waals surface area (Å²) in [4.78, 5) is 13.4. The zero-order chi connectivity index (χ0) is 16.7. The molecule has 0 aliphatic heterocycles. The lowest BCUT2D eigenvalue weighted by molar-refractivity contribution is -0.121. The van der Waals surface area contributed by atoms with Gasteiger partial charge in [-0.2, -0.15) is 15.0 Å². The van der Waals surface area contributed by atoms with E-state index in [2.05, 4.69) is 15.5 Å². The average molecular weight is 337 g/mol. The predicted octanol–water partition coefficient (Wildman–Crippen LogP) is 2.37. The summed E-state index contributed by atoms with van der Waals surface area (Å²) >= 11 is 5.94. The summed E-state index contributed by atoms with van der Waals surface area (Å²) in [5.74, 6) is 0.682. The van der Waals surface area contributed by atoms with Crippen LogP contribution in [0.5, 0.6) is 5.75 Å². The first kappa shape index (κ1) is 17.3. The summed E-state index contributed by atoms with van der Waals surface area (Å²) in [6, 6.07) is 7.25. The van der Waals surface area contributed by atoms with Crippen LogP contribution < -0.4 is 10.1 Å². The van der Waals surface area contributed by atoms with Gasteiger partial charge in [0.15, 0.2) is 0 Å². The third kappa shape index (κ3) is 5.90. The molecule has 0 saturated heterocycles. The molecule has 0 spiro atoms. The van der Waals surface area contributed by atoms with E-state index in [-0.39, 0.29) is 12.0 Å². The first-order valence-electron chi connectivity index (χ1n) is 7.61. The fourth-order valence-electron chi connectivity index (χ4n) is 2.06. The molecule has 2 rings (SSSR count). The molecule has 1 unspecified atom stereocenters. The first-order chi connectivity index (χ1) is 11.1. The third-order valence-corrected chi connectivity index (χ3v) is 3.57. The van der Waals surface area contributed by atoms with Crippen molar-refractivity contribution in [3.63, 3.8) is 0 Å². The van der Waals surface area contributed by atoms with Gasteiger partial charge in [-0.3, -0.25) is 4.79 Å². The summed E-state index contributed by atoms with van der Waals surface area (Å²) in [5.41, 5.74) is 0.810. The van der Waals surface area contributed by atoms with Crippen molar-refractivity contribution in [1.82, 2.24) is 20.3 Å². The highest BCUT2D eigenvalue weighted by molar-refractivity contribution is 6.30. The largest absolute Gasteiger partial charge is 0.489 e. The minimum absolute atomic E-state index is 0.0243. The van der Waals surface area contributed by atoms with Crippen molar-refractivity contribution in [2.45, 2.75) is 32.3 Å². The summed E-state index contributed by atoms with van der Waals surface area (Å²) in [6.45, 7) is 2.48. The standard InChI is InChI=1S/C16H21ClN4O2/c1-3-14(23-15-6-4-5-12(17)9-15)11-18-16(22)8-7-13-10-19-21(2)20-13/h4-6,9-10,14H,3,7-8,11H2,1-2H3,(H,18,22). The van der Waals surface area contributed by atoms with Gasteiger partial charge in [0, 0.05) is 24.9 Å². The van der Waals surface area contributed by atoms with Crippen molar-refractivity contribution in [1.29, 1.82) is 0 Å². The number of benzene rings is 1. The minimum atomic E-state index is -0.0890. The van der Waals surface area contributed by atoms with Crippen molar-refractivity contribution in [2.24, 2.45) is 7.05 Å². The van der Waals surface area contributed by atoms with Gasteiger partial charge in [0.25, 0.3) is 0 Å². The molecule has 1 heterocycles. The molecule has 7 heteroatoms. The van der Waals surface area contributed by atoms with Gasteiger partial charge in [-0.25, -0.2) is 0 Å². The quantitative estimate of drug-likeness (QED) is 0.803. The van der Waals surface area contributed by atoms with E-state index in [1.165, 1.54) is 4.80 Å². The van der Waals surface area contributed by atoms with Crippen molar-refractivity contribution < 1.29 is 9.53 Å². The Bertz CT molecular complexity index is 645. The van der Waals surface area contributed by atoms with Crippen LogP contribution in [0.3, 0.4) is 0 Å². The lowest BCUT2D eigenvalue weighted by Crippen LogP contribution is -2.35. The number of halogens is 1. The van der Waals surface area contributed by atoms with Gasteiger partial charge in [0.05, 0.1) is 18.4 Å². The Balaban J connectivity index is 1.74. The molecule has 1 N–H and O–H groups in total. The van der Waals surface area contributed by atoms with Gasteiger partial charge >= 0.3 is 0 Å². The molecule has 0 radical (unpaired) electrons. The van der Waals surface area contributed by atoms with Gasteiger partial charge in [-0.15, -0.1) is 0 Å². The third-order valence-electron chi connectivity index (χ3n) is 3.34. The van der Waals surface area contributed by atoms with Crippen LogP contribution in [-0.4, -0.2) is 33.5 Å². The van der Waals surface area contributed by atoms with Crippen molar-refractivity contribution in [3.05, 3.63) is 41.2 Å². The molecule has 23 heavy (non-hydrogen) atoms. The zero-order valence-electron chi connectivity index (χ0n) is 13.3. The number of hydrogen-bond acceptors (Lipinski definition) is 4.